The van der Waals surface area contributed by atoms with Crippen molar-refractivity contribution in [3.05, 3.63) is 0 Å². The van der Waals surface area contributed by atoms with E-state index in [9.17, 15) is 8.78 Å². The van der Waals surface area contributed by atoms with Crippen molar-refractivity contribution < 1.29 is 8.78 Å². The average molecular weight is 158 g/mol. The second-order valence-corrected chi connectivity index (χ2v) is 2.65. The first-order chi connectivity index (χ1) is 3.52. The van der Waals surface area contributed by atoms with Gasteiger partial charge in [0.1, 0.15) is 0 Å². The highest BCUT2D eigenvalue weighted by Crippen LogP contribution is 2.59. The summed E-state index contributed by atoms with van der Waals surface area (Å²) in [6.07, 6.45) is -0.0312. The van der Waals surface area contributed by atoms with Gasteiger partial charge in [-0.1, -0.05) is 6.92 Å². The van der Waals surface area contributed by atoms with E-state index in [1.54, 1.807) is 0 Å². The van der Waals surface area contributed by atoms with Crippen LogP contribution in [0.15, 0.2) is 0 Å². The van der Waals surface area contributed by atoms with Crippen molar-refractivity contribution in [3.63, 3.8) is 0 Å². The molecule has 56 valence electrons. The molecule has 9 heavy (non-hydrogen) atoms. The number of hydrogen-bond acceptors (Lipinski definition) is 1. The van der Waals surface area contributed by atoms with Crippen LogP contribution in [0.3, 0.4) is 0 Å². The molecule has 1 unspecified atom stereocenters. The standard InChI is InChI=1S/C5H9F2N.ClH/c1-4(3-8)2-5(4,6)7;/h2-3,8H2,1H3;1H. The van der Waals surface area contributed by atoms with Gasteiger partial charge in [-0.25, -0.2) is 8.78 Å². The lowest BCUT2D eigenvalue weighted by atomic mass is 10.1. The zero-order valence-electron chi connectivity index (χ0n) is 5.16. The molecule has 0 spiro atoms. The molecule has 0 aromatic rings. The predicted octanol–water partition coefficient (Wildman–Crippen LogP) is 1.41. The molecule has 0 radical (unpaired) electrons. The molecule has 0 saturated heterocycles. The molecule has 1 aliphatic rings. The summed E-state index contributed by atoms with van der Waals surface area (Å²) < 4.78 is 24.2. The lowest BCUT2D eigenvalue weighted by Gasteiger charge is -2.02. The van der Waals surface area contributed by atoms with Crippen molar-refractivity contribution in [2.75, 3.05) is 6.54 Å². The van der Waals surface area contributed by atoms with Gasteiger partial charge in [-0.15, -0.1) is 12.4 Å². The third-order valence-corrected chi connectivity index (χ3v) is 1.82. The normalized spacial score (nSPS) is 37.3. The van der Waals surface area contributed by atoms with Crippen molar-refractivity contribution in [2.45, 2.75) is 19.3 Å². The molecule has 0 amide bonds. The average Bonchev–Trinajstić information content (AvgIpc) is 2.10. The molecule has 0 aromatic carbocycles. The highest BCUT2D eigenvalue weighted by atomic mass is 35.5. The minimum atomic E-state index is -2.47. The van der Waals surface area contributed by atoms with Crippen LogP contribution < -0.4 is 5.73 Å². The van der Waals surface area contributed by atoms with Crippen molar-refractivity contribution in [2.24, 2.45) is 11.1 Å². The van der Waals surface area contributed by atoms with E-state index in [0.717, 1.165) is 0 Å². The Kier molecular flexibility index (Phi) is 2.08. The number of hydrogen-bond donors (Lipinski definition) is 1. The minimum Gasteiger partial charge on any atom is -0.330 e. The monoisotopic (exact) mass is 157 g/mol. The van der Waals surface area contributed by atoms with E-state index in [4.69, 9.17) is 5.73 Å². The van der Waals surface area contributed by atoms with Gasteiger partial charge in [0.2, 0.25) is 0 Å². The molecule has 1 nitrogen and oxygen atoms in total. The zero-order chi connectivity index (χ0) is 6.41. The van der Waals surface area contributed by atoms with Crippen LogP contribution in [0.2, 0.25) is 0 Å². The maximum atomic E-state index is 12.1. The van der Waals surface area contributed by atoms with Crippen LogP contribution >= 0.6 is 12.4 Å². The van der Waals surface area contributed by atoms with Crippen molar-refractivity contribution in [1.82, 2.24) is 0 Å². The van der Waals surface area contributed by atoms with Gasteiger partial charge < -0.3 is 5.73 Å². The van der Waals surface area contributed by atoms with Gasteiger partial charge >= 0.3 is 0 Å². The molecule has 1 atom stereocenters. The van der Waals surface area contributed by atoms with Crippen LogP contribution in [0, 0.1) is 5.41 Å². The lowest BCUT2D eigenvalue weighted by Crippen LogP contribution is -2.18. The molecule has 4 heteroatoms. The van der Waals surface area contributed by atoms with Crippen LogP contribution in [0.4, 0.5) is 8.78 Å². The summed E-state index contributed by atoms with van der Waals surface area (Å²) in [6, 6.07) is 0. The highest BCUT2D eigenvalue weighted by Gasteiger charge is 2.66. The Hall–Kier alpha value is 0.110. The Morgan fingerprint density at radius 3 is 1.89 bits per heavy atom. The van der Waals surface area contributed by atoms with E-state index in [0.29, 0.717) is 0 Å². The third-order valence-electron chi connectivity index (χ3n) is 1.82. The Morgan fingerprint density at radius 1 is 1.56 bits per heavy atom. The first kappa shape index (κ1) is 9.11. The maximum Gasteiger partial charge on any atom is 0.255 e. The molecule has 1 aliphatic carbocycles. The van der Waals surface area contributed by atoms with Crippen molar-refractivity contribution in [3.8, 4) is 0 Å². The van der Waals surface area contributed by atoms with Gasteiger partial charge in [-0.3, -0.25) is 0 Å². The highest BCUT2D eigenvalue weighted by molar-refractivity contribution is 5.85. The van der Waals surface area contributed by atoms with Crippen LogP contribution in [0.25, 0.3) is 0 Å². The smallest absolute Gasteiger partial charge is 0.255 e. The molecule has 1 saturated carbocycles. The van der Waals surface area contributed by atoms with Gasteiger partial charge in [-0.05, 0) is 0 Å². The Morgan fingerprint density at radius 2 is 1.89 bits per heavy atom. The number of rotatable bonds is 1. The summed E-state index contributed by atoms with van der Waals surface area (Å²) in [5, 5.41) is 0. The van der Waals surface area contributed by atoms with E-state index in [1.807, 2.05) is 0 Å². The largest absolute Gasteiger partial charge is 0.330 e. The molecule has 1 rings (SSSR count). The first-order valence-corrected chi connectivity index (χ1v) is 2.60. The molecular weight excluding hydrogens is 148 g/mol. The fraction of sp³-hybridized carbons (Fsp3) is 1.00. The van der Waals surface area contributed by atoms with Crippen LogP contribution in [-0.2, 0) is 0 Å². The molecule has 0 aliphatic heterocycles. The molecule has 0 bridgehead atoms. The van der Waals surface area contributed by atoms with Crippen molar-refractivity contribution in [1.29, 1.82) is 0 Å². The second-order valence-electron chi connectivity index (χ2n) is 2.65. The van der Waals surface area contributed by atoms with Gasteiger partial charge in [0.15, 0.2) is 0 Å². The van der Waals surface area contributed by atoms with Gasteiger partial charge in [0, 0.05) is 18.4 Å². The summed E-state index contributed by atoms with van der Waals surface area (Å²) >= 11 is 0. The zero-order valence-corrected chi connectivity index (χ0v) is 5.97. The quantitative estimate of drug-likeness (QED) is 0.612. The predicted molar refractivity (Wildman–Crippen MR) is 34.0 cm³/mol. The van der Waals surface area contributed by atoms with Crippen LogP contribution in [0.5, 0.6) is 0 Å². The second kappa shape index (κ2) is 2.06. The fourth-order valence-corrected chi connectivity index (χ4v) is 0.667. The van der Waals surface area contributed by atoms with Crippen LogP contribution in [0.1, 0.15) is 13.3 Å². The van der Waals surface area contributed by atoms with E-state index in [-0.39, 0.29) is 25.4 Å². The van der Waals surface area contributed by atoms with Gasteiger partial charge in [-0.2, -0.15) is 0 Å². The Balaban J connectivity index is 0.000000640. The number of nitrogens with two attached hydrogens (primary N) is 1. The molecule has 2 N–H and O–H groups in total. The molecule has 0 heterocycles. The Labute approximate surface area is 59.0 Å². The topological polar surface area (TPSA) is 26.0 Å². The summed E-state index contributed by atoms with van der Waals surface area (Å²) in [5.41, 5.74) is 4.20. The number of alkyl halides is 2. The summed E-state index contributed by atoms with van der Waals surface area (Å²) in [7, 11) is 0. The first-order valence-electron chi connectivity index (χ1n) is 2.60. The fourth-order valence-electron chi connectivity index (χ4n) is 0.667. The van der Waals surface area contributed by atoms with E-state index < -0.39 is 11.3 Å². The molecule has 0 aromatic heterocycles. The molecular formula is C5H10ClF2N. The third kappa shape index (κ3) is 1.17. The summed E-state index contributed by atoms with van der Waals surface area (Å²) in [6.45, 7) is 1.60. The van der Waals surface area contributed by atoms with E-state index in [1.165, 1.54) is 6.92 Å². The lowest BCUT2D eigenvalue weighted by molar-refractivity contribution is 0.0729. The summed E-state index contributed by atoms with van der Waals surface area (Å²) in [5.74, 6) is -2.47. The van der Waals surface area contributed by atoms with E-state index in [2.05, 4.69) is 0 Å². The Bertz CT molecular complexity index is 118. The van der Waals surface area contributed by atoms with Gasteiger partial charge in [0.25, 0.3) is 5.92 Å². The van der Waals surface area contributed by atoms with Gasteiger partial charge in [0.05, 0.1) is 0 Å². The molecule has 1 fully saturated rings. The number of halogens is 3. The van der Waals surface area contributed by atoms with Crippen molar-refractivity contribution >= 4 is 12.4 Å². The minimum absolute atomic E-state index is 0. The maximum absolute atomic E-state index is 12.1. The summed E-state index contributed by atoms with van der Waals surface area (Å²) in [4.78, 5) is 0. The SMILES string of the molecule is CC1(CN)CC1(F)F.Cl. The van der Waals surface area contributed by atoms with Crippen LogP contribution in [-0.4, -0.2) is 12.5 Å². The van der Waals surface area contributed by atoms with E-state index >= 15 is 0 Å².